The summed E-state index contributed by atoms with van der Waals surface area (Å²) in [5.41, 5.74) is 0. The molecule has 3 heterocycles. The SMILES string of the molecule is O=C(CN1CSCC1=O)NC[C@@H](c1ccco1)N1CCCCC1. The highest BCUT2D eigenvalue weighted by atomic mass is 32.2. The second-order valence-corrected chi connectivity index (χ2v) is 6.96. The Balaban J connectivity index is 1.55. The fourth-order valence-electron chi connectivity index (χ4n) is 3.10. The number of likely N-dealkylation sites (tertiary alicyclic amines) is 1. The van der Waals surface area contributed by atoms with Crippen molar-refractivity contribution in [1.82, 2.24) is 15.1 Å². The maximum absolute atomic E-state index is 12.1. The smallest absolute Gasteiger partial charge is 0.239 e. The van der Waals surface area contributed by atoms with Gasteiger partial charge < -0.3 is 14.6 Å². The van der Waals surface area contributed by atoms with Gasteiger partial charge in [-0.2, -0.15) is 0 Å². The highest BCUT2D eigenvalue weighted by molar-refractivity contribution is 8.00. The van der Waals surface area contributed by atoms with Gasteiger partial charge in [0.15, 0.2) is 0 Å². The fraction of sp³-hybridized carbons (Fsp3) is 0.625. The van der Waals surface area contributed by atoms with E-state index in [1.54, 1.807) is 22.9 Å². The molecule has 1 atom stereocenters. The van der Waals surface area contributed by atoms with Crippen LogP contribution in [0.3, 0.4) is 0 Å². The first-order chi connectivity index (χ1) is 11.2. The molecule has 0 aromatic carbocycles. The van der Waals surface area contributed by atoms with E-state index in [0.29, 0.717) is 18.2 Å². The minimum Gasteiger partial charge on any atom is -0.468 e. The number of nitrogens with one attached hydrogen (secondary N) is 1. The lowest BCUT2D eigenvalue weighted by Gasteiger charge is -2.33. The van der Waals surface area contributed by atoms with Crippen LogP contribution in [0.4, 0.5) is 0 Å². The summed E-state index contributed by atoms with van der Waals surface area (Å²) in [5, 5.41) is 2.97. The van der Waals surface area contributed by atoms with E-state index in [-0.39, 0.29) is 24.4 Å². The first kappa shape index (κ1) is 16.4. The van der Waals surface area contributed by atoms with Crippen LogP contribution in [0.15, 0.2) is 22.8 Å². The van der Waals surface area contributed by atoms with Crippen LogP contribution in [0.5, 0.6) is 0 Å². The largest absolute Gasteiger partial charge is 0.468 e. The van der Waals surface area contributed by atoms with Crippen LogP contribution >= 0.6 is 11.8 Å². The second kappa shape index (κ2) is 7.88. The molecule has 0 bridgehead atoms. The van der Waals surface area contributed by atoms with Crippen LogP contribution in [-0.4, -0.2) is 59.4 Å². The van der Waals surface area contributed by atoms with Crippen LogP contribution in [-0.2, 0) is 9.59 Å². The Labute approximate surface area is 140 Å². The van der Waals surface area contributed by atoms with Gasteiger partial charge in [-0.15, -0.1) is 11.8 Å². The summed E-state index contributed by atoms with van der Waals surface area (Å²) in [5.74, 6) is 1.92. The molecule has 1 N–H and O–H groups in total. The monoisotopic (exact) mass is 337 g/mol. The molecule has 0 aliphatic carbocycles. The molecule has 1 aromatic heterocycles. The number of carbonyl (C=O) groups excluding carboxylic acids is 2. The Bertz CT molecular complexity index is 529. The zero-order valence-electron chi connectivity index (χ0n) is 13.2. The molecule has 2 saturated heterocycles. The van der Waals surface area contributed by atoms with E-state index in [4.69, 9.17) is 4.42 Å². The predicted molar refractivity (Wildman–Crippen MR) is 88.9 cm³/mol. The molecule has 6 nitrogen and oxygen atoms in total. The van der Waals surface area contributed by atoms with Gasteiger partial charge in [0.2, 0.25) is 11.8 Å². The highest BCUT2D eigenvalue weighted by Crippen LogP contribution is 2.24. The Hall–Kier alpha value is -1.47. The fourth-order valence-corrected chi connectivity index (χ4v) is 4.00. The van der Waals surface area contributed by atoms with Crippen molar-refractivity contribution in [3.63, 3.8) is 0 Å². The first-order valence-corrected chi connectivity index (χ1v) is 9.29. The lowest BCUT2D eigenvalue weighted by Crippen LogP contribution is -2.43. The van der Waals surface area contributed by atoms with Crippen molar-refractivity contribution in [2.75, 3.05) is 37.8 Å². The third-order valence-electron chi connectivity index (χ3n) is 4.36. The van der Waals surface area contributed by atoms with E-state index in [9.17, 15) is 9.59 Å². The summed E-state index contributed by atoms with van der Waals surface area (Å²) in [6.45, 7) is 2.73. The van der Waals surface area contributed by atoms with Crippen LogP contribution in [0.2, 0.25) is 0 Å². The summed E-state index contributed by atoms with van der Waals surface area (Å²) in [6, 6.07) is 3.92. The van der Waals surface area contributed by atoms with E-state index in [2.05, 4.69) is 10.2 Å². The van der Waals surface area contributed by atoms with Crippen LogP contribution < -0.4 is 5.32 Å². The van der Waals surface area contributed by atoms with Gasteiger partial charge >= 0.3 is 0 Å². The van der Waals surface area contributed by atoms with Crippen molar-refractivity contribution >= 4 is 23.6 Å². The third kappa shape index (κ3) is 4.29. The van der Waals surface area contributed by atoms with Gasteiger partial charge in [-0.05, 0) is 38.1 Å². The van der Waals surface area contributed by atoms with Gasteiger partial charge in [0.25, 0.3) is 0 Å². The Morgan fingerprint density at radius 1 is 1.35 bits per heavy atom. The van der Waals surface area contributed by atoms with E-state index in [0.717, 1.165) is 18.8 Å². The van der Waals surface area contributed by atoms with Crippen molar-refractivity contribution in [3.05, 3.63) is 24.2 Å². The van der Waals surface area contributed by atoms with Crippen molar-refractivity contribution < 1.29 is 14.0 Å². The third-order valence-corrected chi connectivity index (χ3v) is 5.30. The second-order valence-electron chi connectivity index (χ2n) is 6.00. The van der Waals surface area contributed by atoms with Gasteiger partial charge in [-0.3, -0.25) is 14.5 Å². The molecule has 7 heteroatoms. The van der Waals surface area contributed by atoms with Crippen molar-refractivity contribution in [3.8, 4) is 0 Å². The Kier molecular flexibility index (Phi) is 5.61. The minimum atomic E-state index is -0.102. The quantitative estimate of drug-likeness (QED) is 0.851. The number of hydrogen-bond acceptors (Lipinski definition) is 5. The van der Waals surface area contributed by atoms with Gasteiger partial charge in [-0.25, -0.2) is 0 Å². The molecular formula is C16H23N3O3S. The van der Waals surface area contributed by atoms with Gasteiger partial charge in [0.05, 0.1) is 23.9 Å². The van der Waals surface area contributed by atoms with Crippen LogP contribution in [0, 0.1) is 0 Å². The lowest BCUT2D eigenvalue weighted by molar-refractivity contribution is -0.132. The lowest BCUT2D eigenvalue weighted by atomic mass is 10.1. The molecule has 0 radical (unpaired) electrons. The number of nitrogens with zero attached hydrogens (tertiary/aromatic N) is 2. The molecule has 2 aliphatic rings. The molecule has 1 aromatic rings. The molecule has 0 saturated carbocycles. The van der Waals surface area contributed by atoms with Crippen LogP contribution in [0.25, 0.3) is 0 Å². The standard InChI is InChI=1S/C16H23N3O3S/c20-15(10-19-12-23-11-16(19)21)17-9-13(14-5-4-8-22-14)18-6-2-1-3-7-18/h4-5,8,13H,1-3,6-7,9-12H2,(H,17,20)/t13-/m0/s1. The van der Waals surface area contributed by atoms with Crippen molar-refractivity contribution in [2.45, 2.75) is 25.3 Å². The van der Waals surface area contributed by atoms with Gasteiger partial charge in [-0.1, -0.05) is 6.42 Å². The van der Waals surface area contributed by atoms with Crippen LogP contribution in [0.1, 0.15) is 31.1 Å². The number of piperidine rings is 1. The molecule has 2 fully saturated rings. The molecule has 0 unspecified atom stereocenters. The number of hydrogen-bond donors (Lipinski definition) is 1. The minimum absolute atomic E-state index is 0.0452. The van der Waals surface area contributed by atoms with E-state index in [1.165, 1.54) is 19.3 Å². The summed E-state index contributed by atoms with van der Waals surface area (Å²) in [7, 11) is 0. The molecule has 23 heavy (non-hydrogen) atoms. The maximum Gasteiger partial charge on any atom is 0.239 e. The predicted octanol–water partition coefficient (Wildman–Crippen LogP) is 1.46. The number of amides is 2. The average Bonchev–Trinajstić information content (AvgIpc) is 3.22. The number of carbonyl (C=O) groups is 2. The molecule has 2 aliphatic heterocycles. The maximum atomic E-state index is 12.1. The van der Waals surface area contributed by atoms with E-state index in [1.807, 2.05) is 12.1 Å². The molecule has 0 spiro atoms. The summed E-state index contributed by atoms with van der Waals surface area (Å²) in [6.07, 6.45) is 5.31. The average molecular weight is 337 g/mol. The van der Waals surface area contributed by atoms with Crippen molar-refractivity contribution in [1.29, 1.82) is 0 Å². The number of furan rings is 1. The normalized spacial score (nSPS) is 20.7. The molecule has 3 rings (SSSR count). The van der Waals surface area contributed by atoms with E-state index < -0.39 is 0 Å². The highest BCUT2D eigenvalue weighted by Gasteiger charge is 2.26. The molecule has 2 amide bonds. The zero-order valence-corrected chi connectivity index (χ0v) is 14.0. The summed E-state index contributed by atoms with van der Waals surface area (Å²) >= 11 is 1.55. The number of thioether (sulfide) groups is 1. The molecular weight excluding hydrogens is 314 g/mol. The first-order valence-electron chi connectivity index (χ1n) is 8.14. The van der Waals surface area contributed by atoms with Gasteiger partial charge in [0, 0.05) is 6.54 Å². The van der Waals surface area contributed by atoms with Crippen molar-refractivity contribution in [2.24, 2.45) is 0 Å². The Morgan fingerprint density at radius 3 is 2.83 bits per heavy atom. The molecule has 126 valence electrons. The van der Waals surface area contributed by atoms with E-state index >= 15 is 0 Å². The summed E-state index contributed by atoms with van der Waals surface area (Å²) in [4.78, 5) is 27.7. The summed E-state index contributed by atoms with van der Waals surface area (Å²) < 4.78 is 5.57. The Morgan fingerprint density at radius 2 is 2.17 bits per heavy atom. The van der Waals surface area contributed by atoms with Gasteiger partial charge in [0.1, 0.15) is 12.3 Å². The number of rotatable bonds is 6. The zero-order chi connectivity index (χ0) is 16.1. The topological polar surface area (TPSA) is 65.8 Å².